The third kappa shape index (κ3) is 6.84. The van der Waals surface area contributed by atoms with E-state index in [4.69, 9.17) is 16.5 Å². The number of carboxylic acid groups (broad SMARTS) is 1. The van der Waals surface area contributed by atoms with Crippen LogP contribution in [0.4, 0.5) is 23.1 Å². The number of terminal acetylenes is 1. The summed E-state index contributed by atoms with van der Waals surface area (Å²) in [6, 6.07) is 13.1. The molecule has 0 saturated carbocycles. The number of fused-ring (bicyclic) bond motifs is 2. The first-order valence-corrected chi connectivity index (χ1v) is 12.9. The number of carboxylic acids is 1. The number of carbonyl (C=O) groups is 1. The minimum atomic E-state index is -1.05. The summed E-state index contributed by atoms with van der Waals surface area (Å²) in [4.78, 5) is 21.9. The second-order valence-electron chi connectivity index (χ2n) is 9.97. The van der Waals surface area contributed by atoms with Crippen LogP contribution >= 0.6 is 0 Å². The molecule has 0 bridgehead atoms. The van der Waals surface area contributed by atoms with Gasteiger partial charge in [-0.05, 0) is 42.8 Å². The second-order valence-corrected chi connectivity index (χ2v) is 9.97. The molecule has 5 rings (SSSR count). The van der Waals surface area contributed by atoms with Crippen molar-refractivity contribution < 1.29 is 52.3 Å². The van der Waals surface area contributed by atoms with E-state index in [1.807, 2.05) is 42.5 Å². The van der Waals surface area contributed by atoms with Gasteiger partial charge in [0.15, 0.2) is 11.8 Å². The molecule has 0 amide bonds. The number of aromatic nitrogens is 5. The van der Waals surface area contributed by atoms with Gasteiger partial charge in [-0.3, -0.25) is 18.3 Å². The maximum atomic E-state index is 11.3. The van der Waals surface area contributed by atoms with Crippen molar-refractivity contribution in [2.45, 2.75) is 44.4 Å². The first-order valence-electron chi connectivity index (χ1n) is 12.9. The van der Waals surface area contributed by atoms with Crippen molar-refractivity contribution in [1.29, 1.82) is 0 Å². The van der Waals surface area contributed by atoms with E-state index in [9.17, 15) is 9.90 Å². The molecule has 0 aliphatic heterocycles. The molecule has 4 N–H and O–H groups in total. The Morgan fingerprint density at radius 1 is 1.34 bits per heavy atom. The molecule has 0 fully saturated rings. The first kappa shape index (κ1) is 30.4. The zero-order valence-corrected chi connectivity index (χ0v) is 24.2. The van der Waals surface area contributed by atoms with Crippen molar-refractivity contribution in [3.05, 3.63) is 73.3 Å². The van der Waals surface area contributed by atoms with Crippen LogP contribution in [-0.4, -0.2) is 53.3 Å². The molecule has 2 atom stereocenters. The molecule has 1 aliphatic carbocycles. The van der Waals surface area contributed by atoms with E-state index in [-0.39, 0.29) is 37.3 Å². The Kier molecular flexibility index (Phi) is 9.59. The summed E-state index contributed by atoms with van der Waals surface area (Å²) in [5.41, 5.74) is 3.86. The summed E-state index contributed by atoms with van der Waals surface area (Å²) in [5, 5.41) is 35.1. The Morgan fingerprint density at radius 3 is 2.93 bits per heavy atom. The molecule has 2 aromatic heterocycles. The summed E-state index contributed by atoms with van der Waals surface area (Å²) in [6.07, 6.45) is 9.84. The molecule has 4 aromatic rings. The SMILES string of the molecule is C#CCn1nnc2ccc(Nc3ncc(N([CH2-])CCC[CH-]C(=O)O)c(N[C@H]4c5ccccc5C[C@@]4(C)O)n3)cc21.[Er]. The largest absolute Gasteiger partial charge is 0.521 e. The van der Waals surface area contributed by atoms with Crippen molar-refractivity contribution in [2.75, 3.05) is 22.1 Å². The Hall–Kier alpha value is -3.57. The number of aliphatic hydroxyl groups is 1. The molecule has 12 heteroatoms. The Balaban J connectivity index is 0.00000387. The van der Waals surface area contributed by atoms with Gasteiger partial charge in [0.05, 0.1) is 29.0 Å². The maximum Gasteiger partial charge on any atom is 0.229 e. The van der Waals surface area contributed by atoms with Gasteiger partial charge in [0.2, 0.25) is 5.95 Å². The predicted molar refractivity (Wildman–Crippen MR) is 153 cm³/mol. The van der Waals surface area contributed by atoms with E-state index in [0.29, 0.717) is 49.8 Å². The van der Waals surface area contributed by atoms with Gasteiger partial charge in [0, 0.05) is 49.4 Å². The van der Waals surface area contributed by atoms with Crippen molar-refractivity contribution in [3.8, 4) is 12.3 Å². The topological polar surface area (TPSA) is 141 Å². The van der Waals surface area contributed by atoms with Crippen molar-refractivity contribution in [1.82, 2.24) is 25.0 Å². The number of nitrogens with zero attached hydrogens (tertiary/aromatic N) is 6. The molecule has 2 heterocycles. The van der Waals surface area contributed by atoms with Crippen LogP contribution in [-0.2, 0) is 17.8 Å². The minimum Gasteiger partial charge on any atom is -0.521 e. The molecular weight excluding hydrogens is 676 g/mol. The number of hydrogen-bond acceptors (Lipinski definition) is 9. The molecule has 1 aliphatic rings. The molecule has 0 saturated heterocycles. The van der Waals surface area contributed by atoms with E-state index in [0.717, 1.165) is 27.8 Å². The van der Waals surface area contributed by atoms with Crippen LogP contribution in [0.15, 0.2) is 48.7 Å². The molecule has 2 aromatic carbocycles. The zero-order chi connectivity index (χ0) is 28.3. The average molecular weight is 706 g/mol. The summed E-state index contributed by atoms with van der Waals surface area (Å²) in [7, 11) is 4.15. The van der Waals surface area contributed by atoms with E-state index >= 15 is 0 Å². The van der Waals surface area contributed by atoms with Gasteiger partial charge in [-0.15, -0.1) is 11.5 Å². The summed E-state index contributed by atoms with van der Waals surface area (Å²) >= 11 is 0. The molecule has 41 heavy (non-hydrogen) atoms. The molecule has 218 valence electrons. The molecule has 0 unspecified atom stereocenters. The van der Waals surface area contributed by atoms with Crippen LogP contribution in [0.1, 0.15) is 36.9 Å². The number of hydrogen-bond donors (Lipinski definition) is 4. The number of benzene rings is 2. The van der Waals surface area contributed by atoms with Crippen molar-refractivity contribution >= 4 is 40.1 Å². The molecular formula is C29H30ErN8O3-2. The van der Waals surface area contributed by atoms with Gasteiger partial charge < -0.3 is 25.7 Å². The average Bonchev–Trinajstić information content (AvgIpc) is 3.43. The minimum absolute atomic E-state index is 0. The smallest absolute Gasteiger partial charge is 0.229 e. The summed E-state index contributed by atoms with van der Waals surface area (Å²) in [6.45, 7) is 2.58. The van der Waals surface area contributed by atoms with E-state index < -0.39 is 17.6 Å². The van der Waals surface area contributed by atoms with E-state index in [2.05, 4.69) is 38.9 Å². The fourth-order valence-corrected chi connectivity index (χ4v) is 4.95. The van der Waals surface area contributed by atoms with Crippen molar-refractivity contribution in [3.63, 3.8) is 0 Å². The van der Waals surface area contributed by atoms with Crippen LogP contribution in [0, 0.1) is 63.1 Å². The van der Waals surface area contributed by atoms with E-state index in [1.54, 1.807) is 22.7 Å². The Labute approximate surface area is 268 Å². The summed E-state index contributed by atoms with van der Waals surface area (Å²) in [5.74, 6) is 2.44. The third-order valence-electron chi connectivity index (χ3n) is 6.89. The van der Waals surface area contributed by atoms with Gasteiger partial charge in [-0.1, -0.05) is 41.8 Å². The molecule has 0 spiro atoms. The summed E-state index contributed by atoms with van der Waals surface area (Å²) < 4.78 is 1.64. The van der Waals surface area contributed by atoms with Crippen LogP contribution in [0.25, 0.3) is 11.0 Å². The number of rotatable bonds is 11. The van der Waals surface area contributed by atoms with Crippen LogP contribution in [0.5, 0.6) is 0 Å². The fraction of sp³-hybridized carbons (Fsp3) is 0.276. The number of nitrogens with one attached hydrogen (secondary N) is 2. The van der Waals surface area contributed by atoms with Crippen molar-refractivity contribution in [2.24, 2.45) is 0 Å². The van der Waals surface area contributed by atoms with Gasteiger partial charge in [-0.2, -0.15) is 11.4 Å². The van der Waals surface area contributed by atoms with Crippen LogP contribution in [0.2, 0.25) is 0 Å². The van der Waals surface area contributed by atoms with Gasteiger partial charge in [0.1, 0.15) is 12.1 Å². The second kappa shape index (κ2) is 12.9. The molecule has 11 nitrogen and oxygen atoms in total. The Bertz CT molecular complexity index is 1580. The zero-order valence-electron chi connectivity index (χ0n) is 22.4. The quantitative estimate of drug-likeness (QED) is 0.104. The number of aliphatic carboxylic acids is 1. The maximum absolute atomic E-state index is 11.3. The van der Waals surface area contributed by atoms with Gasteiger partial charge in [0.25, 0.3) is 0 Å². The number of anilines is 4. The normalized spacial score (nSPS) is 17.3. The van der Waals surface area contributed by atoms with E-state index in [1.165, 1.54) is 6.42 Å². The Morgan fingerprint density at radius 2 is 2.15 bits per heavy atom. The van der Waals surface area contributed by atoms with Gasteiger partial charge in [-0.25, -0.2) is 9.67 Å². The fourth-order valence-electron chi connectivity index (χ4n) is 4.95. The monoisotopic (exact) mass is 704 g/mol. The first-order chi connectivity index (χ1) is 19.2. The predicted octanol–water partition coefficient (Wildman–Crippen LogP) is 3.73. The third-order valence-corrected chi connectivity index (χ3v) is 6.89. The standard InChI is InChI=1S/C29H30N8O3.Er/c1-4-14-37-23-16-20(12-13-22(23)34-35-37)31-28-30-18-24(36(3)15-8-7-11-25(38)39)27(33-28)32-26-21-10-6-5-9-19(21)17-29(26,2)40;/h1,5-6,9-13,16,18,26,40H,3,7-8,14-15,17H2,2H3,(H,38,39)(H2,30,31,32,33);/q-2;/t26-,29+;/m0./s1. The molecule has 0 radical (unpaired) electrons. The van der Waals surface area contributed by atoms with Crippen LogP contribution in [0.3, 0.4) is 0 Å². The number of unbranched alkanes of at least 4 members (excludes halogenated alkanes) is 1. The van der Waals surface area contributed by atoms with Crippen LogP contribution < -0.4 is 15.5 Å². The van der Waals surface area contributed by atoms with Gasteiger partial charge >= 0.3 is 0 Å².